The van der Waals surface area contributed by atoms with Crippen LogP contribution in [0.2, 0.25) is 0 Å². The maximum atomic E-state index is 12.0. The highest BCUT2D eigenvalue weighted by molar-refractivity contribution is 5.77. The highest BCUT2D eigenvalue weighted by atomic mass is 16.1. The van der Waals surface area contributed by atoms with Crippen LogP contribution in [0.25, 0.3) is 10.9 Å². The third-order valence-corrected chi connectivity index (χ3v) is 2.41. The number of aryl methyl sites for hydroxylation is 1. The SMILES string of the molecule is CCc1cc(=O)[nH]c2ccccc2c1=O. The molecule has 0 atom stereocenters. The fraction of sp³-hybridized carbons (Fsp3) is 0.167. The molecule has 1 heterocycles. The van der Waals surface area contributed by atoms with Gasteiger partial charge in [0.05, 0.1) is 5.52 Å². The lowest BCUT2D eigenvalue weighted by Crippen LogP contribution is -2.06. The van der Waals surface area contributed by atoms with E-state index in [0.29, 0.717) is 22.9 Å². The van der Waals surface area contributed by atoms with E-state index in [1.807, 2.05) is 6.92 Å². The minimum absolute atomic E-state index is 0.0635. The molecule has 0 bridgehead atoms. The maximum absolute atomic E-state index is 12.0. The van der Waals surface area contributed by atoms with Crippen LogP contribution < -0.4 is 11.0 Å². The zero-order valence-electron chi connectivity index (χ0n) is 8.41. The maximum Gasteiger partial charge on any atom is 0.248 e. The Labute approximate surface area is 86.4 Å². The molecule has 1 N–H and O–H groups in total. The summed E-state index contributed by atoms with van der Waals surface area (Å²) in [6.07, 6.45) is 0.570. The van der Waals surface area contributed by atoms with E-state index in [1.165, 1.54) is 6.07 Å². The van der Waals surface area contributed by atoms with Gasteiger partial charge >= 0.3 is 0 Å². The average molecular weight is 201 g/mol. The van der Waals surface area contributed by atoms with Crippen molar-refractivity contribution >= 4 is 10.9 Å². The van der Waals surface area contributed by atoms with Crippen LogP contribution in [-0.4, -0.2) is 4.98 Å². The number of nitrogens with one attached hydrogen (secondary N) is 1. The largest absolute Gasteiger partial charge is 0.322 e. The van der Waals surface area contributed by atoms with Gasteiger partial charge in [0.1, 0.15) is 0 Å². The normalized spacial score (nSPS) is 10.5. The number of aromatic amines is 1. The second-order valence-electron chi connectivity index (χ2n) is 3.39. The molecule has 0 aliphatic heterocycles. The van der Waals surface area contributed by atoms with E-state index in [-0.39, 0.29) is 11.0 Å². The fourth-order valence-electron chi connectivity index (χ4n) is 1.62. The van der Waals surface area contributed by atoms with Crippen LogP contribution in [0.3, 0.4) is 0 Å². The summed E-state index contributed by atoms with van der Waals surface area (Å²) in [5, 5.41) is 0.566. The topological polar surface area (TPSA) is 49.9 Å². The van der Waals surface area contributed by atoms with Gasteiger partial charge in [-0.05, 0) is 18.6 Å². The van der Waals surface area contributed by atoms with E-state index in [1.54, 1.807) is 24.3 Å². The molecule has 0 fully saturated rings. The van der Waals surface area contributed by atoms with Crippen LogP contribution in [0.15, 0.2) is 39.9 Å². The molecule has 3 heteroatoms. The highest BCUT2D eigenvalue weighted by Crippen LogP contribution is 2.04. The number of para-hydroxylation sites is 1. The van der Waals surface area contributed by atoms with E-state index >= 15 is 0 Å². The first-order valence-corrected chi connectivity index (χ1v) is 4.87. The molecule has 76 valence electrons. The number of H-pyrrole nitrogens is 1. The Kier molecular flexibility index (Phi) is 2.37. The Morgan fingerprint density at radius 2 is 1.93 bits per heavy atom. The van der Waals surface area contributed by atoms with Crippen molar-refractivity contribution in [3.05, 3.63) is 56.5 Å². The number of aromatic nitrogens is 1. The van der Waals surface area contributed by atoms with Crippen molar-refractivity contribution in [2.24, 2.45) is 0 Å². The first-order valence-electron chi connectivity index (χ1n) is 4.87. The summed E-state index contributed by atoms with van der Waals surface area (Å²) >= 11 is 0. The van der Waals surface area contributed by atoms with Crippen LogP contribution in [-0.2, 0) is 6.42 Å². The first-order chi connectivity index (χ1) is 7.22. The van der Waals surface area contributed by atoms with Crippen LogP contribution in [0, 0.1) is 0 Å². The molecular weight excluding hydrogens is 190 g/mol. The molecule has 0 radical (unpaired) electrons. The molecule has 0 saturated carbocycles. The number of hydrogen-bond donors (Lipinski definition) is 1. The lowest BCUT2D eigenvalue weighted by molar-refractivity contribution is 1.12. The first kappa shape index (κ1) is 9.65. The Morgan fingerprint density at radius 1 is 1.20 bits per heavy atom. The van der Waals surface area contributed by atoms with Crippen molar-refractivity contribution in [3.8, 4) is 0 Å². The van der Waals surface area contributed by atoms with Gasteiger partial charge in [0.15, 0.2) is 5.43 Å². The van der Waals surface area contributed by atoms with E-state index < -0.39 is 0 Å². The Balaban J connectivity index is 3.07. The molecule has 2 aromatic rings. The van der Waals surface area contributed by atoms with Gasteiger partial charge in [-0.15, -0.1) is 0 Å². The molecular formula is C12H11NO2. The van der Waals surface area contributed by atoms with Gasteiger partial charge in [-0.2, -0.15) is 0 Å². The monoisotopic (exact) mass is 201 g/mol. The second-order valence-corrected chi connectivity index (χ2v) is 3.39. The highest BCUT2D eigenvalue weighted by Gasteiger charge is 2.01. The lowest BCUT2D eigenvalue weighted by Gasteiger charge is -1.90. The number of rotatable bonds is 1. The third-order valence-electron chi connectivity index (χ3n) is 2.41. The van der Waals surface area contributed by atoms with Gasteiger partial charge in [-0.1, -0.05) is 19.1 Å². The van der Waals surface area contributed by atoms with Crippen molar-refractivity contribution in [1.82, 2.24) is 4.98 Å². The van der Waals surface area contributed by atoms with Crippen LogP contribution in [0.1, 0.15) is 12.5 Å². The predicted octanol–water partition coefficient (Wildman–Crippen LogP) is 1.45. The molecule has 0 amide bonds. The molecule has 2 rings (SSSR count). The van der Waals surface area contributed by atoms with Gasteiger partial charge in [-0.3, -0.25) is 9.59 Å². The zero-order chi connectivity index (χ0) is 10.8. The smallest absolute Gasteiger partial charge is 0.248 e. The van der Waals surface area contributed by atoms with Crippen molar-refractivity contribution in [2.75, 3.05) is 0 Å². The van der Waals surface area contributed by atoms with Crippen molar-refractivity contribution in [2.45, 2.75) is 13.3 Å². The van der Waals surface area contributed by atoms with Gasteiger partial charge in [-0.25, -0.2) is 0 Å². The van der Waals surface area contributed by atoms with Gasteiger partial charge in [0, 0.05) is 17.0 Å². The standard InChI is InChI=1S/C12H11NO2/c1-2-8-7-11(14)13-10-6-4-3-5-9(10)12(8)15/h3-7H,2H2,1H3,(H,13,14). The summed E-state index contributed by atoms with van der Waals surface area (Å²) < 4.78 is 0. The molecule has 0 saturated heterocycles. The third kappa shape index (κ3) is 1.68. The molecule has 0 aliphatic rings. The summed E-state index contributed by atoms with van der Waals surface area (Å²) in [7, 11) is 0. The van der Waals surface area contributed by atoms with E-state index in [2.05, 4.69) is 4.98 Å². The molecule has 0 unspecified atom stereocenters. The molecule has 15 heavy (non-hydrogen) atoms. The minimum Gasteiger partial charge on any atom is -0.322 e. The van der Waals surface area contributed by atoms with Gasteiger partial charge in [0.2, 0.25) is 5.56 Å². The van der Waals surface area contributed by atoms with Crippen molar-refractivity contribution in [1.29, 1.82) is 0 Å². The van der Waals surface area contributed by atoms with Crippen molar-refractivity contribution in [3.63, 3.8) is 0 Å². The Morgan fingerprint density at radius 3 is 2.67 bits per heavy atom. The molecule has 1 aromatic heterocycles. The lowest BCUT2D eigenvalue weighted by atomic mass is 10.1. The minimum atomic E-state index is -0.231. The van der Waals surface area contributed by atoms with Gasteiger partial charge < -0.3 is 4.98 Å². The average Bonchev–Trinajstić information content (AvgIpc) is 2.36. The van der Waals surface area contributed by atoms with Crippen LogP contribution >= 0.6 is 0 Å². The van der Waals surface area contributed by atoms with Crippen LogP contribution in [0.4, 0.5) is 0 Å². The molecule has 0 aliphatic carbocycles. The summed E-state index contributed by atoms with van der Waals surface area (Å²) in [6.45, 7) is 1.87. The van der Waals surface area contributed by atoms with Crippen LogP contribution in [0.5, 0.6) is 0 Å². The molecule has 3 nitrogen and oxygen atoms in total. The Bertz CT molecular complexity index is 614. The number of fused-ring (bicyclic) bond motifs is 1. The molecule has 0 spiro atoms. The molecule has 1 aromatic carbocycles. The summed E-state index contributed by atoms with van der Waals surface area (Å²) in [5.41, 5.74) is 0.848. The predicted molar refractivity (Wildman–Crippen MR) is 60.2 cm³/mol. The van der Waals surface area contributed by atoms with E-state index in [0.717, 1.165) is 0 Å². The summed E-state index contributed by atoms with van der Waals surface area (Å²) in [4.78, 5) is 26.1. The number of hydrogen-bond acceptors (Lipinski definition) is 2. The number of benzene rings is 1. The fourth-order valence-corrected chi connectivity index (χ4v) is 1.62. The quantitative estimate of drug-likeness (QED) is 0.759. The van der Waals surface area contributed by atoms with Gasteiger partial charge in [0.25, 0.3) is 0 Å². The summed E-state index contributed by atoms with van der Waals surface area (Å²) in [6, 6.07) is 8.43. The second kappa shape index (κ2) is 3.69. The Hall–Kier alpha value is -1.90. The van der Waals surface area contributed by atoms with E-state index in [9.17, 15) is 9.59 Å². The van der Waals surface area contributed by atoms with Crippen molar-refractivity contribution < 1.29 is 0 Å². The summed E-state index contributed by atoms with van der Waals surface area (Å²) in [5.74, 6) is 0. The zero-order valence-corrected chi connectivity index (χ0v) is 8.41. The van der Waals surface area contributed by atoms with E-state index in [4.69, 9.17) is 0 Å².